The van der Waals surface area contributed by atoms with Crippen LogP contribution in [0.15, 0.2) is 72.8 Å². The number of rotatable bonds is 12. The molecule has 186 valence electrons. The van der Waals surface area contributed by atoms with Gasteiger partial charge in [0.05, 0.1) is 32.3 Å². The molecule has 0 saturated heterocycles. The maximum atomic E-state index is 13.4. The number of methoxy groups -OCH3 is 3. The molecule has 0 fully saturated rings. The molecular formula is C28H33FN2O4. The van der Waals surface area contributed by atoms with Gasteiger partial charge in [0.15, 0.2) is 0 Å². The van der Waals surface area contributed by atoms with E-state index in [-0.39, 0.29) is 23.9 Å². The van der Waals surface area contributed by atoms with Crippen LogP contribution in [0.4, 0.5) is 10.1 Å². The predicted octanol–water partition coefficient (Wildman–Crippen LogP) is 5.40. The number of benzene rings is 3. The van der Waals surface area contributed by atoms with Gasteiger partial charge in [0.1, 0.15) is 11.6 Å². The lowest BCUT2D eigenvalue weighted by Crippen LogP contribution is -2.29. The summed E-state index contributed by atoms with van der Waals surface area (Å²) in [6, 6.07) is 21.3. The van der Waals surface area contributed by atoms with Crippen LogP contribution < -0.4 is 15.8 Å². The molecule has 0 aliphatic carbocycles. The van der Waals surface area contributed by atoms with Crippen molar-refractivity contribution in [3.05, 3.63) is 95.3 Å². The van der Waals surface area contributed by atoms with Crippen molar-refractivity contribution >= 4 is 11.7 Å². The van der Waals surface area contributed by atoms with Gasteiger partial charge in [-0.25, -0.2) is 4.39 Å². The van der Waals surface area contributed by atoms with Crippen LogP contribution >= 0.6 is 0 Å². The molecule has 3 N–H and O–H groups in total. The summed E-state index contributed by atoms with van der Waals surface area (Å²) in [6.45, 7) is 0.453. The fraction of sp³-hybridized carbons (Fsp3) is 0.321. The third-order valence-electron chi connectivity index (χ3n) is 6.16. The fourth-order valence-electron chi connectivity index (χ4n) is 4.15. The minimum Gasteiger partial charge on any atom is -0.497 e. The smallest absolute Gasteiger partial charge is 0.311 e. The quantitative estimate of drug-likeness (QED) is 0.338. The molecular weight excluding hydrogens is 447 g/mol. The van der Waals surface area contributed by atoms with Crippen LogP contribution in [-0.2, 0) is 20.8 Å². The lowest BCUT2D eigenvalue weighted by molar-refractivity contribution is -0.146. The van der Waals surface area contributed by atoms with Gasteiger partial charge >= 0.3 is 5.97 Å². The number of carbonyl (C=O) groups is 1. The summed E-state index contributed by atoms with van der Waals surface area (Å²) in [5, 5.41) is 3.52. The molecule has 7 heteroatoms. The third kappa shape index (κ3) is 7.04. The molecule has 35 heavy (non-hydrogen) atoms. The Morgan fingerprint density at radius 2 is 1.51 bits per heavy atom. The Hall–Kier alpha value is -3.42. The second-order valence-electron chi connectivity index (χ2n) is 8.28. The molecule has 0 amide bonds. The van der Waals surface area contributed by atoms with Crippen LogP contribution in [0, 0.1) is 11.7 Å². The van der Waals surface area contributed by atoms with E-state index in [1.54, 1.807) is 26.4 Å². The summed E-state index contributed by atoms with van der Waals surface area (Å²) in [7, 11) is 4.62. The number of hydrogen-bond acceptors (Lipinski definition) is 6. The average Bonchev–Trinajstić information content (AvgIpc) is 2.91. The van der Waals surface area contributed by atoms with Crippen molar-refractivity contribution in [3.63, 3.8) is 0 Å². The zero-order valence-corrected chi connectivity index (χ0v) is 20.4. The van der Waals surface area contributed by atoms with Crippen molar-refractivity contribution in [2.45, 2.75) is 31.5 Å². The normalized spacial score (nSPS) is 13.5. The Morgan fingerprint density at radius 1 is 0.886 bits per heavy atom. The SMILES string of the molecule is COC(=O)[C@H](CC[C@H](OC)c1ccc(F)cc1)C(Nc1ccc(CN)cc1)c1ccc(OC)cc1. The molecule has 3 aromatic rings. The Labute approximate surface area is 206 Å². The minimum absolute atomic E-state index is 0.289. The zero-order valence-electron chi connectivity index (χ0n) is 20.4. The number of carbonyl (C=O) groups excluding carboxylic acids is 1. The monoisotopic (exact) mass is 480 g/mol. The van der Waals surface area contributed by atoms with Crippen LogP contribution in [0.25, 0.3) is 0 Å². The molecule has 0 aliphatic rings. The van der Waals surface area contributed by atoms with E-state index in [0.29, 0.717) is 19.4 Å². The van der Waals surface area contributed by atoms with E-state index >= 15 is 0 Å². The van der Waals surface area contributed by atoms with E-state index in [1.165, 1.54) is 19.2 Å². The van der Waals surface area contributed by atoms with Gasteiger partial charge in [-0.3, -0.25) is 4.79 Å². The molecule has 0 radical (unpaired) electrons. The van der Waals surface area contributed by atoms with Gasteiger partial charge in [-0.05, 0) is 65.9 Å². The summed E-state index contributed by atoms with van der Waals surface area (Å²) in [4.78, 5) is 13.0. The van der Waals surface area contributed by atoms with Crippen molar-refractivity contribution in [2.24, 2.45) is 11.7 Å². The third-order valence-corrected chi connectivity index (χ3v) is 6.16. The second-order valence-corrected chi connectivity index (χ2v) is 8.28. The lowest BCUT2D eigenvalue weighted by Gasteiger charge is -2.29. The summed E-state index contributed by atoms with van der Waals surface area (Å²) in [5.74, 6) is -0.419. The highest BCUT2D eigenvalue weighted by Gasteiger charge is 2.31. The average molecular weight is 481 g/mol. The number of nitrogens with one attached hydrogen (secondary N) is 1. The molecule has 0 saturated carbocycles. The van der Waals surface area contributed by atoms with Crippen molar-refractivity contribution in [2.75, 3.05) is 26.6 Å². The first-order chi connectivity index (χ1) is 17.0. The Kier molecular flexibility index (Phi) is 9.64. The number of esters is 1. The van der Waals surface area contributed by atoms with Gasteiger partial charge in [0.25, 0.3) is 0 Å². The Balaban J connectivity index is 1.90. The van der Waals surface area contributed by atoms with Gasteiger partial charge in [0, 0.05) is 19.3 Å². The number of ether oxygens (including phenoxy) is 3. The summed E-state index contributed by atoms with van der Waals surface area (Å²) < 4.78 is 29.6. The Bertz CT molecular complexity index is 1060. The predicted molar refractivity (Wildman–Crippen MR) is 135 cm³/mol. The van der Waals surface area contributed by atoms with E-state index < -0.39 is 5.92 Å². The molecule has 0 spiro atoms. The summed E-state index contributed by atoms with van der Waals surface area (Å²) in [6.07, 6.45) is 0.735. The number of nitrogens with two attached hydrogens (primary N) is 1. The van der Waals surface area contributed by atoms with Gasteiger partial charge in [-0.15, -0.1) is 0 Å². The lowest BCUT2D eigenvalue weighted by atomic mass is 9.87. The van der Waals surface area contributed by atoms with E-state index in [1.807, 2.05) is 48.5 Å². The molecule has 3 atom stereocenters. The van der Waals surface area contributed by atoms with Crippen LogP contribution in [0.5, 0.6) is 5.75 Å². The van der Waals surface area contributed by atoms with E-state index in [0.717, 1.165) is 28.1 Å². The first-order valence-corrected chi connectivity index (χ1v) is 11.5. The van der Waals surface area contributed by atoms with Crippen LogP contribution in [0.1, 0.15) is 41.7 Å². The van der Waals surface area contributed by atoms with Crippen molar-refractivity contribution in [1.82, 2.24) is 0 Å². The topological polar surface area (TPSA) is 82.8 Å². The maximum absolute atomic E-state index is 13.4. The first-order valence-electron chi connectivity index (χ1n) is 11.5. The largest absolute Gasteiger partial charge is 0.497 e. The fourth-order valence-corrected chi connectivity index (χ4v) is 4.15. The number of hydrogen-bond donors (Lipinski definition) is 2. The first kappa shape index (κ1) is 26.2. The van der Waals surface area contributed by atoms with E-state index in [4.69, 9.17) is 19.9 Å². The van der Waals surface area contributed by atoms with Crippen molar-refractivity contribution in [1.29, 1.82) is 0 Å². The minimum atomic E-state index is -0.513. The van der Waals surface area contributed by atoms with E-state index in [2.05, 4.69) is 5.32 Å². The van der Waals surface area contributed by atoms with Crippen LogP contribution in [0.2, 0.25) is 0 Å². The highest BCUT2D eigenvalue weighted by atomic mass is 19.1. The molecule has 6 nitrogen and oxygen atoms in total. The number of halogens is 1. The van der Waals surface area contributed by atoms with Crippen LogP contribution in [0.3, 0.4) is 0 Å². The molecule has 0 aliphatic heterocycles. The molecule has 3 aromatic carbocycles. The molecule has 0 bridgehead atoms. The van der Waals surface area contributed by atoms with Crippen molar-refractivity contribution in [3.8, 4) is 5.75 Å². The van der Waals surface area contributed by atoms with Crippen LogP contribution in [-0.4, -0.2) is 27.3 Å². The molecule has 1 unspecified atom stereocenters. The van der Waals surface area contributed by atoms with Crippen molar-refractivity contribution < 1.29 is 23.4 Å². The zero-order chi connectivity index (χ0) is 25.2. The molecule has 0 aromatic heterocycles. The highest BCUT2D eigenvalue weighted by molar-refractivity contribution is 5.74. The standard InChI is InChI=1S/C28H33FN2O4/c1-33-24-14-8-21(9-15-24)27(31-23-12-4-19(18-30)5-13-23)25(28(32)35-3)16-17-26(34-2)20-6-10-22(29)11-7-20/h4-15,25-27,31H,16-18,30H2,1-3H3/t25-,26+,27?/m1/s1. The molecule has 0 heterocycles. The Morgan fingerprint density at radius 3 is 2.06 bits per heavy atom. The van der Waals surface area contributed by atoms with Gasteiger partial charge < -0.3 is 25.3 Å². The summed E-state index contributed by atoms with van der Waals surface area (Å²) in [5.41, 5.74) is 9.38. The number of anilines is 1. The van der Waals surface area contributed by atoms with Gasteiger partial charge in [-0.1, -0.05) is 36.4 Å². The second kappa shape index (κ2) is 12.9. The van der Waals surface area contributed by atoms with E-state index in [9.17, 15) is 9.18 Å². The van der Waals surface area contributed by atoms with Gasteiger partial charge in [0.2, 0.25) is 0 Å². The summed E-state index contributed by atoms with van der Waals surface area (Å²) >= 11 is 0. The highest BCUT2D eigenvalue weighted by Crippen LogP contribution is 2.35. The molecule has 3 rings (SSSR count). The maximum Gasteiger partial charge on any atom is 0.311 e. The van der Waals surface area contributed by atoms with Gasteiger partial charge in [-0.2, -0.15) is 0 Å².